The number of aromatic nitrogens is 4. The Morgan fingerprint density at radius 3 is 2.68 bits per heavy atom. The van der Waals surface area contributed by atoms with Crippen LogP contribution in [0.3, 0.4) is 0 Å². The zero-order valence-electron chi connectivity index (χ0n) is 20.2. The summed E-state index contributed by atoms with van der Waals surface area (Å²) in [6.07, 6.45) is 5.59. The minimum atomic E-state index is -0.336. The van der Waals surface area contributed by atoms with E-state index in [9.17, 15) is 5.11 Å². The second-order valence-electron chi connectivity index (χ2n) is 10.8. The topological polar surface area (TPSA) is 94.8 Å². The van der Waals surface area contributed by atoms with Gasteiger partial charge in [0.1, 0.15) is 17.1 Å². The van der Waals surface area contributed by atoms with Gasteiger partial charge in [-0.05, 0) is 18.9 Å². The highest BCUT2D eigenvalue weighted by molar-refractivity contribution is 5.63. The van der Waals surface area contributed by atoms with Crippen molar-refractivity contribution in [3.05, 3.63) is 24.0 Å². The van der Waals surface area contributed by atoms with Gasteiger partial charge >= 0.3 is 0 Å². The standard InChI is InChI=1S/C25H33N5O4/c1-24(2)16-32-22(33-17-24)12-30-11-20(27-28-30)23-21(34-19-6-7-19)9-18(10-26-23)5-4-8-29-13-25(3,14-29)15-31/h9-11,19,22,31H,6-8,12-17H2,1-3H3. The van der Waals surface area contributed by atoms with E-state index in [1.165, 1.54) is 0 Å². The molecule has 0 bridgehead atoms. The maximum Gasteiger partial charge on any atom is 0.177 e. The van der Waals surface area contributed by atoms with Crippen molar-refractivity contribution in [1.82, 2.24) is 24.9 Å². The molecule has 1 aliphatic carbocycles. The molecule has 0 radical (unpaired) electrons. The van der Waals surface area contributed by atoms with Gasteiger partial charge in [0.25, 0.3) is 0 Å². The van der Waals surface area contributed by atoms with Crippen molar-refractivity contribution in [3.8, 4) is 29.0 Å². The zero-order valence-corrected chi connectivity index (χ0v) is 20.2. The van der Waals surface area contributed by atoms with Gasteiger partial charge in [-0.3, -0.25) is 4.90 Å². The minimum Gasteiger partial charge on any atom is -0.488 e. The number of rotatable bonds is 7. The smallest absolute Gasteiger partial charge is 0.177 e. The van der Waals surface area contributed by atoms with Crippen LogP contribution < -0.4 is 4.74 Å². The Morgan fingerprint density at radius 2 is 1.97 bits per heavy atom. The molecule has 0 aromatic carbocycles. The number of likely N-dealkylation sites (tertiary alicyclic amines) is 1. The monoisotopic (exact) mass is 467 g/mol. The molecule has 3 aliphatic rings. The first kappa shape index (κ1) is 23.2. The summed E-state index contributed by atoms with van der Waals surface area (Å²) < 4.78 is 19.5. The molecule has 1 saturated carbocycles. The summed E-state index contributed by atoms with van der Waals surface area (Å²) in [4.78, 5) is 6.85. The van der Waals surface area contributed by atoms with Crippen LogP contribution in [0.2, 0.25) is 0 Å². The summed E-state index contributed by atoms with van der Waals surface area (Å²) in [5, 5.41) is 18.0. The van der Waals surface area contributed by atoms with E-state index >= 15 is 0 Å². The van der Waals surface area contributed by atoms with Crippen molar-refractivity contribution in [2.75, 3.05) is 39.5 Å². The number of hydrogen-bond donors (Lipinski definition) is 1. The molecule has 1 N–H and O–H groups in total. The molecule has 34 heavy (non-hydrogen) atoms. The molecular weight excluding hydrogens is 434 g/mol. The SMILES string of the molecule is CC1(C)COC(Cn2cc(-c3ncc(C#CCN4CC(C)(CO)C4)cc3OC3CC3)nn2)OC1. The summed E-state index contributed by atoms with van der Waals surface area (Å²) >= 11 is 0. The molecule has 0 amide bonds. The second-order valence-corrected chi connectivity index (χ2v) is 10.8. The highest BCUT2D eigenvalue weighted by Crippen LogP contribution is 2.33. The molecule has 3 fully saturated rings. The first-order valence-corrected chi connectivity index (χ1v) is 11.9. The predicted octanol–water partition coefficient (Wildman–Crippen LogP) is 1.95. The number of hydrogen-bond acceptors (Lipinski definition) is 8. The van der Waals surface area contributed by atoms with Crippen LogP contribution in [-0.4, -0.2) is 81.8 Å². The first-order valence-electron chi connectivity index (χ1n) is 11.9. The fourth-order valence-electron chi connectivity index (χ4n) is 4.14. The highest BCUT2D eigenvalue weighted by Gasteiger charge is 2.37. The average molecular weight is 468 g/mol. The van der Waals surface area contributed by atoms with Crippen LogP contribution in [-0.2, 0) is 16.0 Å². The lowest BCUT2D eigenvalue weighted by molar-refractivity contribution is -0.227. The van der Waals surface area contributed by atoms with Crippen LogP contribution >= 0.6 is 0 Å². The Morgan fingerprint density at radius 1 is 1.21 bits per heavy atom. The van der Waals surface area contributed by atoms with Gasteiger partial charge in [-0.15, -0.1) is 5.10 Å². The van der Waals surface area contributed by atoms with E-state index in [1.807, 2.05) is 12.3 Å². The molecule has 2 saturated heterocycles. The Labute approximate surface area is 200 Å². The zero-order chi connectivity index (χ0) is 23.8. The predicted molar refractivity (Wildman–Crippen MR) is 125 cm³/mol. The maximum atomic E-state index is 9.39. The number of aliphatic hydroxyl groups is 1. The lowest BCUT2D eigenvalue weighted by Gasteiger charge is -2.46. The lowest BCUT2D eigenvalue weighted by Crippen LogP contribution is -2.56. The van der Waals surface area contributed by atoms with Crippen LogP contribution in [0.4, 0.5) is 0 Å². The number of aliphatic hydroxyl groups excluding tert-OH is 1. The van der Waals surface area contributed by atoms with Crippen molar-refractivity contribution in [2.45, 2.75) is 52.6 Å². The van der Waals surface area contributed by atoms with E-state index < -0.39 is 0 Å². The van der Waals surface area contributed by atoms with Crippen molar-refractivity contribution in [1.29, 1.82) is 0 Å². The maximum absolute atomic E-state index is 9.39. The van der Waals surface area contributed by atoms with E-state index in [0.717, 1.165) is 31.5 Å². The largest absolute Gasteiger partial charge is 0.488 e. The molecule has 0 spiro atoms. The normalized spacial score (nSPS) is 22.0. The minimum absolute atomic E-state index is 0.0133. The Bertz CT molecular complexity index is 1070. The van der Waals surface area contributed by atoms with Crippen LogP contribution in [0.25, 0.3) is 11.4 Å². The summed E-state index contributed by atoms with van der Waals surface area (Å²) in [6, 6.07) is 1.94. The third-order valence-electron chi connectivity index (χ3n) is 6.24. The third kappa shape index (κ3) is 5.58. The fourth-order valence-corrected chi connectivity index (χ4v) is 4.14. The van der Waals surface area contributed by atoms with Crippen LogP contribution in [0.1, 0.15) is 39.2 Å². The van der Waals surface area contributed by atoms with Gasteiger partial charge in [-0.25, -0.2) is 9.67 Å². The molecule has 9 heteroatoms. The summed E-state index contributed by atoms with van der Waals surface area (Å²) in [5.41, 5.74) is 2.17. The Hall–Kier alpha value is -2.51. The van der Waals surface area contributed by atoms with E-state index in [4.69, 9.17) is 14.2 Å². The van der Waals surface area contributed by atoms with Crippen LogP contribution in [0.15, 0.2) is 18.5 Å². The third-order valence-corrected chi connectivity index (χ3v) is 6.24. The molecule has 0 atom stereocenters. The van der Waals surface area contributed by atoms with E-state index in [1.54, 1.807) is 10.9 Å². The van der Waals surface area contributed by atoms with Gasteiger partial charge in [0, 0.05) is 35.7 Å². The van der Waals surface area contributed by atoms with Crippen molar-refractivity contribution < 1.29 is 19.3 Å². The van der Waals surface area contributed by atoms with Crippen molar-refractivity contribution in [3.63, 3.8) is 0 Å². The van der Waals surface area contributed by atoms with Crippen molar-refractivity contribution in [2.24, 2.45) is 10.8 Å². The van der Waals surface area contributed by atoms with Gasteiger partial charge < -0.3 is 19.3 Å². The van der Waals surface area contributed by atoms with Gasteiger partial charge in [-0.2, -0.15) is 0 Å². The molecule has 182 valence electrons. The average Bonchev–Trinajstić information content (AvgIpc) is 3.49. The summed E-state index contributed by atoms with van der Waals surface area (Å²) in [7, 11) is 0. The molecule has 2 aromatic rings. The van der Waals surface area contributed by atoms with Crippen LogP contribution in [0.5, 0.6) is 5.75 Å². The summed E-state index contributed by atoms with van der Waals surface area (Å²) in [5.74, 6) is 7.10. The van der Waals surface area contributed by atoms with E-state index in [0.29, 0.717) is 43.4 Å². The van der Waals surface area contributed by atoms with Crippen molar-refractivity contribution >= 4 is 0 Å². The van der Waals surface area contributed by atoms with Gasteiger partial charge in [0.2, 0.25) is 0 Å². The first-order chi connectivity index (χ1) is 16.3. The molecular formula is C25H33N5O4. The number of nitrogens with zero attached hydrogens (tertiary/aromatic N) is 5. The van der Waals surface area contributed by atoms with Gasteiger partial charge in [0.05, 0.1) is 45.2 Å². The second kappa shape index (κ2) is 9.27. The summed E-state index contributed by atoms with van der Waals surface area (Å²) in [6.45, 7) is 10.7. The molecule has 4 heterocycles. The molecule has 0 unspecified atom stereocenters. The van der Waals surface area contributed by atoms with E-state index in [2.05, 4.69) is 52.8 Å². The van der Waals surface area contributed by atoms with Gasteiger partial charge in [0.15, 0.2) is 6.29 Å². The number of ether oxygens (including phenoxy) is 3. The molecule has 9 nitrogen and oxygen atoms in total. The molecule has 2 aliphatic heterocycles. The molecule has 2 aromatic heterocycles. The van der Waals surface area contributed by atoms with Crippen LogP contribution in [0, 0.1) is 22.7 Å². The highest BCUT2D eigenvalue weighted by atomic mass is 16.7. The quantitative estimate of drug-likeness (QED) is 0.618. The van der Waals surface area contributed by atoms with E-state index in [-0.39, 0.29) is 29.8 Å². The number of pyridine rings is 1. The molecule has 5 rings (SSSR count). The Kier molecular flexibility index (Phi) is 6.34. The van der Waals surface area contributed by atoms with Gasteiger partial charge in [-0.1, -0.05) is 37.8 Å². The lowest BCUT2D eigenvalue weighted by atomic mass is 9.83. The Balaban J connectivity index is 1.25. The fraction of sp³-hybridized carbons (Fsp3) is 0.640.